The Morgan fingerprint density at radius 2 is 2.19 bits per heavy atom. The first-order valence-corrected chi connectivity index (χ1v) is 8.76. The van der Waals surface area contributed by atoms with Crippen molar-refractivity contribution in [2.45, 2.75) is 19.5 Å². The van der Waals surface area contributed by atoms with Gasteiger partial charge in [-0.05, 0) is 24.3 Å². The standard InChI is InChI=1S/C18H14Cl2N4O3/c19-12-7-14-17(15(20)8-12)22-11-24(18(14)26)10-16(25)23(5-2-4-21)9-13-3-1-6-27-13/h1,3,6-8,11H,2,5,9-10H2. The van der Waals surface area contributed by atoms with E-state index in [0.717, 1.165) is 0 Å². The van der Waals surface area contributed by atoms with E-state index in [0.29, 0.717) is 16.3 Å². The molecular formula is C18H14Cl2N4O3. The molecule has 1 aromatic carbocycles. The lowest BCUT2D eigenvalue weighted by molar-refractivity contribution is -0.132. The summed E-state index contributed by atoms with van der Waals surface area (Å²) in [5.74, 6) is 0.252. The Hall–Kier alpha value is -2.82. The summed E-state index contributed by atoms with van der Waals surface area (Å²) in [5.41, 5.74) is -0.0948. The van der Waals surface area contributed by atoms with Crippen molar-refractivity contribution in [2.75, 3.05) is 6.54 Å². The first-order chi connectivity index (χ1) is 13.0. The van der Waals surface area contributed by atoms with Gasteiger partial charge < -0.3 is 9.32 Å². The quantitative estimate of drug-likeness (QED) is 0.628. The van der Waals surface area contributed by atoms with E-state index in [4.69, 9.17) is 32.9 Å². The molecule has 0 atom stereocenters. The summed E-state index contributed by atoms with van der Waals surface area (Å²) in [6, 6.07) is 8.43. The molecule has 7 nitrogen and oxygen atoms in total. The Labute approximate surface area is 164 Å². The number of benzene rings is 1. The number of nitrogens with zero attached hydrogens (tertiary/aromatic N) is 4. The topological polar surface area (TPSA) is 92.1 Å². The van der Waals surface area contributed by atoms with E-state index in [1.165, 1.54) is 34.2 Å². The Balaban J connectivity index is 1.87. The Bertz CT molecular complexity index is 1070. The third-order valence-electron chi connectivity index (χ3n) is 3.92. The molecule has 0 spiro atoms. The second kappa shape index (κ2) is 8.25. The molecule has 27 heavy (non-hydrogen) atoms. The third-order valence-corrected chi connectivity index (χ3v) is 4.43. The van der Waals surface area contributed by atoms with Crippen LogP contribution in [-0.2, 0) is 17.9 Å². The smallest absolute Gasteiger partial charge is 0.261 e. The summed E-state index contributed by atoms with van der Waals surface area (Å²) in [6.07, 6.45) is 2.95. The molecule has 0 N–H and O–H groups in total. The van der Waals surface area contributed by atoms with Gasteiger partial charge in [0.25, 0.3) is 5.56 Å². The van der Waals surface area contributed by atoms with Gasteiger partial charge in [-0.3, -0.25) is 14.2 Å². The van der Waals surface area contributed by atoms with Gasteiger partial charge in [0.15, 0.2) is 0 Å². The van der Waals surface area contributed by atoms with Crippen LogP contribution in [0, 0.1) is 11.3 Å². The highest BCUT2D eigenvalue weighted by Crippen LogP contribution is 2.24. The molecule has 2 aromatic heterocycles. The molecule has 3 rings (SSSR count). The van der Waals surface area contributed by atoms with Gasteiger partial charge >= 0.3 is 0 Å². The molecule has 0 fully saturated rings. The lowest BCUT2D eigenvalue weighted by Crippen LogP contribution is -2.36. The van der Waals surface area contributed by atoms with Gasteiger partial charge in [-0.15, -0.1) is 0 Å². The molecule has 138 valence electrons. The highest BCUT2D eigenvalue weighted by Gasteiger charge is 2.17. The number of nitriles is 1. The monoisotopic (exact) mass is 404 g/mol. The van der Waals surface area contributed by atoms with Crippen molar-refractivity contribution in [3.8, 4) is 6.07 Å². The van der Waals surface area contributed by atoms with Crippen LogP contribution >= 0.6 is 23.2 Å². The van der Waals surface area contributed by atoms with Crippen LogP contribution in [0.1, 0.15) is 12.2 Å². The van der Waals surface area contributed by atoms with E-state index < -0.39 is 5.56 Å². The van der Waals surface area contributed by atoms with Gasteiger partial charge in [0, 0.05) is 11.6 Å². The van der Waals surface area contributed by atoms with Crippen molar-refractivity contribution in [1.82, 2.24) is 14.5 Å². The predicted octanol–water partition coefficient (Wildman–Crippen LogP) is 3.24. The molecular weight excluding hydrogens is 391 g/mol. The number of hydrogen-bond donors (Lipinski definition) is 0. The van der Waals surface area contributed by atoms with E-state index in [1.807, 2.05) is 6.07 Å². The van der Waals surface area contributed by atoms with E-state index >= 15 is 0 Å². The molecule has 2 heterocycles. The largest absolute Gasteiger partial charge is 0.467 e. The van der Waals surface area contributed by atoms with Gasteiger partial charge in [-0.25, -0.2) is 4.98 Å². The summed E-state index contributed by atoms with van der Waals surface area (Å²) >= 11 is 12.0. The average molecular weight is 405 g/mol. The molecule has 3 aromatic rings. The number of rotatable bonds is 6. The first-order valence-electron chi connectivity index (χ1n) is 8.01. The molecule has 1 amide bonds. The van der Waals surface area contributed by atoms with E-state index in [1.54, 1.807) is 12.1 Å². The van der Waals surface area contributed by atoms with Gasteiger partial charge in [-0.1, -0.05) is 23.2 Å². The van der Waals surface area contributed by atoms with Crippen LogP contribution in [0.4, 0.5) is 0 Å². The van der Waals surface area contributed by atoms with Crippen LogP contribution in [0.2, 0.25) is 10.0 Å². The fourth-order valence-corrected chi connectivity index (χ4v) is 3.16. The van der Waals surface area contributed by atoms with Crippen molar-refractivity contribution in [3.63, 3.8) is 0 Å². The normalized spacial score (nSPS) is 10.7. The van der Waals surface area contributed by atoms with E-state index in [2.05, 4.69) is 4.98 Å². The molecule has 0 unspecified atom stereocenters. The van der Waals surface area contributed by atoms with Gasteiger partial charge in [0.1, 0.15) is 12.3 Å². The predicted molar refractivity (Wildman–Crippen MR) is 100 cm³/mol. The van der Waals surface area contributed by atoms with Crippen molar-refractivity contribution in [1.29, 1.82) is 5.26 Å². The molecule has 0 saturated carbocycles. The first kappa shape index (κ1) is 19.0. The SMILES string of the molecule is N#CCCN(Cc1ccco1)C(=O)Cn1cnc2c(Cl)cc(Cl)cc2c1=O. The number of furan rings is 1. The highest BCUT2D eigenvalue weighted by molar-refractivity contribution is 6.38. The fraction of sp³-hybridized carbons (Fsp3) is 0.222. The number of hydrogen-bond acceptors (Lipinski definition) is 5. The van der Waals surface area contributed by atoms with Crippen LogP contribution in [-0.4, -0.2) is 26.9 Å². The third kappa shape index (κ3) is 4.30. The van der Waals surface area contributed by atoms with Gasteiger partial charge in [0.2, 0.25) is 5.91 Å². The number of halogens is 2. The van der Waals surface area contributed by atoms with Gasteiger partial charge in [0.05, 0.1) is 47.6 Å². The molecule has 9 heteroatoms. The van der Waals surface area contributed by atoms with Crippen LogP contribution < -0.4 is 5.56 Å². The molecule has 0 aliphatic carbocycles. The zero-order chi connectivity index (χ0) is 19.4. The maximum atomic E-state index is 12.7. The minimum atomic E-state index is -0.420. The average Bonchev–Trinajstić information content (AvgIpc) is 3.14. The Morgan fingerprint density at radius 3 is 2.89 bits per heavy atom. The number of carbonyl (C=O) groups is 1. The molecule has 0 radical (unpaired) electrons. The summed E-state index contributed by atoms with van der Waals surface area (Å²) in [5, 5.41) is 9.63. The molecule has 0 aliphatic heterocycles. The molecule has 0 aliphatic rings. The number of amides is 1. The number of fused-ring (bicyclic) bond motifs is 1. The lowest BCUT2D eigenvalue weighted by Gasteiger charge is -2.21. The summed E-state index contributed by atoms with van der Waals surface area (Å²) in [7, 11) is 0. The molecule has 0 saturated heterocycles. The minimum Gasteiger partial charge on any atom is -0.467 e. The zero-order valence-corrected chi connectivity index (χ0v) is 15.6. The Morgan fingerprint density at radius 1 is 1.37 bits per heavy atom. The second-order valence-electron chi connectivity index (χ2n) is 5.76. The highest BCUT2D eigenvalue weighted by atomic mass is 35.5. The summed E-state index contributed by atoms with van der Waals surface area (Å²) in [6.45, 7) is 0.211. The maximum absolute atomic E-state index is 12.7. The van der Waals surface area contributed by atoms with Crippen molar-refractivity contribution in [2.24, 2.45) is 0 Å². The van der Waals surface area contributed by atoms with Gasteiger partial charge in [-0.2, -0.15) is 5.26 Å². The zero-order valence-electron chi connectivity index (χ0n) is 14.1. The summed E-state index contributed by atoms with van der Waals surface area (Å²) < 4.78 is 6.46. The number of aromatic nitrogens is 2. The van der Waals surface area contributed by atoms with Crippen LogP contribution in [0.25, 0.3) is 10.9 Å². The minimum absolute atomic E-state index is 0.169. The Kier molecular flexibility index (Phi) is 5.79. The van der Waals surface area contributed by atoms with Crippen LogP contribution in [0.15, 0.2) is 46.1 Å². The van der Waals surface area contributed by atoms with E-state index in [-0.39, 0.29) is 42.4 Å². The maximum Gasteiger partial charge on any atom is 0.261 e. The van der Waals surface area contributed by atoms with Crippen molar-refractivity contribution in [3.05, 3.63) is 63.0 Å². The lowest BCUT2D eigenvalue weighted by atomic mass is 10.2. The fourth-order valence-electron chi connectivity index (χ4n) is 2.62. The number of carbonyl (C=O) groups excluding carboxylic acids is 1. The van der Waals surface area contributed by atoms with Crippen LogP contribution in [0.5, 0.6) is 0 Å². The summed E-state index contributed by atoms with van der Waals surface area (Å²) in [4.78, 5) is 31.0. The van der Waals surface area contributed by atoms with Crippen LogP contribution in [0.3, 0.4) is 0 Å². The van der Waals surface area contributed by atoms with Crippen molar-refractivity contribution >= 4 is 40.0 Å². The second-order valence-corrected chi connectivity index (χ2v) is 6.61. The molecule has 0 bridgehead atoms. The van der Waals surface area contributed by atoms with E-state index in [9.17, 15) is 9.59 Å². The van der Waals surface area contributed by atoms with Crippen molar-refractivity contribution < 1.29 is 9.21 Å².